The molecule has 0 aliphatic carbocycles. The van der Waals surface area contributed by atoms with Gasteiger partial charge in [0.2, 0.25) is 0 Å². The summed E-state index contributed by atoms with van der Waals surface area (Å²) in [6, 6.07) is 24.1. The van der Waals surface area contributed by atoms with Crippen LogP contribution in [0.2, 0.25) is 0 Å². The number of nitriles is 1. The van der Waals surface area contributed by atoms with Gasteiger partial charge >= 0.3 is 0 Å². The fourth-order valence-electron chi connectivity index (χ4n) is 2.32. The minimum atomic E-state index is 0.636. The molecule has 0 radical (unpaired) electrons. The van der Waals surface area contributed by atoms with Gasteiger partial charge in [-0.15, -0.1) is 0 Å². The van der Waals surface area contributed by atoms with Gasteiger partial charge in [0.15, 0.2) is 0 Å². The zero-order chi connectivity index (χ0) is 15.4. The normalized spacial score (nSPS) is 11.2. The van der Waals surface area contributed by atoms with Crippen molar-refractivity contribution in [3.63, 3.8) is 0 Å². The number of rotatable bonds is 3. The Kier molecular flexibility index (Phi) is 4.22. The molecular weight excluding hydrogens is 336 g/mol. The molecule has 3 heteroatoms. The third kappa shape index (κ3) is 3.03. The molecule has 1 aromatic heterocycles. The van der Waals surface area contributed by atoms with E-state index in [-0.39, 0.29) is 0 Å². The number of hydrogen-bond acceptors (Lipinski definition) is 1. The van der Waals surface area contributed by atoms with Gasteiger partial charge in [-0.1, -0.05) is 46.3 Å². The van der Waals surface area contributed by atoms with Crippen LogP contribution in [0.25, 0.3) is 17.3 Å². The van der Waals surface area contributed by atoms with Crippen LogP contribution in [0.1, 0.15) is 11.3 Å². The molecule has 3 aromatic rings. The molecule has 0 atom stereocenters. The summed E-state index contributed by atoms with van der Waals surface area (Å²) < 4.78 is 3.03. The summed E-state index contributed by atoms with van der Waals surface area (Å²) in [5.41, 5.74) is 3.59. The van der Waals surface area contributed by atoms with Crippen molar-refractivity contribution in [1.82, 2.24) is 4.57 Å². The summed E-state index contributed by atoms with van der Waals surface area (Å²) >= 11 is 3.45. The number of nitrogens with zero attached hydrogens (tertiary/aromatic N) is 2. The molecule has 0 bridgehead atoms. The van der Waals surface area contributed by atoms with Crippen LogP contribution in [0.15, 0.2) is 77.4 Å². The third-order valence-electron chi connectivity index (χ3n) is 3.36. The molecule has 2 nitrogen and oxygen atoms in total. The van der Waals surface area contributed by atoms with Crippen LogP contribution in [-0.2, 0) is 0 Å². The van der Waals surface area contributed by atoms with Crippen LogP contribution in [0.3, 0.4) is 0 Å². The van der Waals surface area contributed by atoms with Crippen molar-refractivity contribution in [2.75, 3.05) is 0 Å². The first-order valence-electron chi connectivity index (χ1n) is 6.88. The average Bonchev–Trinajstić information content (AvgIpc) is 3.01. The lowest BCUT2D eigenvalue weighted by Crippen LogP contribution is -1.94. The Morgan fingerprint density at radius 3 is 2.55 bits per heavy atom. The van der Waals surface area contributed by atoms with Gasteiger partial charge in [-0.25, -0.2) is 0 Å². The van der Waals surface area contributed by atoms with Gasteiger partial charge in [0.05, 0.1) is 11.6 Å². The van der Waals surface area contributed by atoms with Gasteiger partial charge < -0.3 is 4.57 Å². The van der Waals surface area contributed by atoms with Crippen molar-refractivity contribution in [3.8, 4) is 11.8 Å². The Labute approximate surface area is 138 Å². The second kappa shape index (κ2) is 6.46. The second-order valence-electron chi connectivity index (χ2n) is 4.82. The molecular formula is C19H13BrN2. The molecule has 0 aliphatic rings. The molecule has 0 spiro atoms. The maximum absolute atomic E-state index is 9.49. The highest BCUT2D eigenvalue weighted by molar-refractivity contribution is 9.10. The van der Waals surface area contributed by atoms with Crippen molar-refractivity contribution in [2.24, 2.45) is 0 Å². The molecule has 1 heterocycles. The molecule has 0 amide bonds. The van der Waals surface area contributed by atoms with Gasteiger partial charge in [-0.2, -0.15) is 5.26 Å². The predicted octanol–water partition coefficient (Wildman–Crippen LogP) is 5.30. The lowest BCUT2D eigenvalue weighted by Gasteiger charge is -2.07. The summed E-state index contributed by atoms with van der Waals surface area (Å²) in [7, 11) is 0. The lowest BCUT2D eigenvalue weighted by molar-refractivity contribution is 1.06. The summed E-state index contributed by atoms with van der Waals surface area (Å²) in [6.07, 6.45) is 3.91. The monoisotopic (exact) mass is 348 g/mol. The largest absolute Gasteiger partial charge is 0.317 e. The number of hydrogen-bond donors (Lipinski definition) is 0. The maximum Gasteiger partial charge on any atom is 0.0998 e. The Balaban J connectivity index is 2.05. The van der Waals surface area contributed by atoms with Crippen LogP contribution >= 0.6 is 15.9 Å². The fourth-order valence-corrected chi connectivity index (χ4v) is 2.72. The topological polar surface area (TPSA) is 28.7 Å². The van der Waals surface area contributed by atoms with E-state index in [9.17, 15) is 5.26 Å². The molecule has 2 aromatic carbocycles. The van der Waals surface area contributed by atoms with E-state index in [1.54, 1.807) is 0 Å². The van der Waals surface area contributed by atoms with Crippen LogP contribution in [0, 0.1) is 11.3 Å². The average molecular weight is 349 g/mol. The highest BCUT2D eigenvalue weighted by atomic mass is 79.9. The van der Waals surface area contributed by atoms with E-state index in [1.807, 2.05) is 79.0 Å². The molecule has 3 rings (SSSR count). The Morgan fingerprint density at radius 1 is 1.00 bits per heavy atom. The van der Waals surface area contributed by atoms with Gasteiger partial charge in [0, 0.05) is 22.1 Å². The third-order valence-corrected chi connectivity index (χ3v) is 3.86. The molecule has 0 aliphatic heterocycles. The number of aromatic nitrogens is 1. The standard InChI is InChI=1S/C19H13BrN2/c20-17-7-4-6-15(12-17)16(14-21)13-19-10-5-11-22(19)18-8-2-1-3-9-18/h1-13H/b16-13-. The zero-order valence-corrected chi connectivity index (χ0v) is 13.4. The van der Waals surface area contributed by atoms with E-state index in [4.69, 9.17) is 0 Å². The van der Waals surface area contributed by atoms with Crippen LogP contribution in [-0.4, -0.2) is 4.57 Å². The smallest absolute Gasteiger partial charge is 0.0998 e. The van der Waals surface area contributed by atoms with Gasteiger partial charge in [-0.3, -0.25) is 0 Å². The van der Waals surface area contributed by atoms with E-state index in [0.717, 1.165) is 21.4 Å². The molecule has 106 valence electrons. The van der Waals surface area contributed by atoms with E-state index in [0.29, 0.717) is 5.57 Å². The molecule has 0 N–H and O–H groups in total. The number of allylic oxidation sites excluding steroid dienone is 1. The fraction of sp³-hybridized carbons (Fsp3) is 0. The van der Waals surface area contributed by atoms with Crippen molar-refractivity contribution >= 4 is 27.6 Å². The van der Waals surface area contributed by atoms with Gasteiger partial charge in [-0.05, 0) is 48.0 Å². The van der Waals surface area contributed by atoms with E-state index in [1.165, 1.54) is 0 Å². The second-order valence-corrected chi connectivity index (χ2v) is 5.73. The Hall–Kier alpha value is -2.57. The van der Waals surface area contributed by atoms with Crippen molar-refractivity contribution in [1.29, 1.82) is 5.26 Å². The first-order valence-corrected chi connectivity index (χ1v) is 7.68. The first kappa shape index (κ1) is 14.4. The highest BCUT2D eigenvalue weighted by Crippen LogP contribution is 2.22. The van der Waals surface area contributed by atoms with Crippen LogP contribution < -0.4 is 0 Å². The Morgan fingerprint density at radius 2 is 1.82 bits per heavy atom. The minimum Gasteiger partial charge on any atom is -0.317 e. The summed E-state index contributed by atoms with van der Waals surface area (Å²) in [5, 5.41) is 9.49. The molecule has 0 saturated carbocycles. The minimum absolute atomic E-state index is 0.636. The van der Waals surface area contributed by atoms with Gasteiger partial charge in [0.25, 0.3) is 0 Å². The number of benzene rings is 2. The summed E-state index contributed by atoms with van der Waals surface area (Å²) in [5.74, 6) is 0. The quantitative estimate of drug-likeness (QED) is 0.590. The van der Waals surface area contributed by atoms with Crippen LogP contribution in [0.5, 0.6) is 0 Å². The lowest BCUT2D eigenvalue weighted by atomic mass is 10.1. The van der Waals surface area contributed by atoms with Crippen LogP contribution in [0.4, 0.5) is 0 Å². The van der Waals surface area contributed by atoms with E-state index >= 15 is 0 Å². The highest BCUT2D eigenvalue weighted by Gasteiger charge is 2.05. The van der Waals surface area contributed by atoms with Gasteiger partial charge in [0.1, 0.15) is 0 Å². The summed E-state index contributed by atoms with van der Waals surface area (Å²) in [4.78, 5) is 0. The number of halogens is 1. The maximum atomic E-state index is 9.49. The molecule has 0 fully saturated rings. The van der Waals surface area contributed by atoms with E-state index in [2.05, 4.69) is 26.6 Å². The van der Waals surface area contributed by atoms with Crippen molar-refractivity contribution in [3.05, 3.63) is 88.7 Å². The predicted molar refractivity (Wildman–Crippen MR) is 93.4 cm³/mol. The number of para-hydroxylation sites is 1. The summed E-state index contributed by atoms with van der Waals surface area (Å²) in [6.45, 7) is 0. The van der Waals surface area contributed by atoms with E-state index < -0.39 is 0 Å². The SMILES string of the molecule is N#C/C(=C/c1cccn1-c1ccccc1)c1cccc(Br)c1. The molecule has 0 saturated heterocycles. The zero-order valence-electron chi connectivity index (χ0n) is 11.8. The first-order chi connectivity index (χ1) is 10.8. The van der Waals surface area contributed by atoms with Crippen molar-refractivity contribution < 1.29 is 0 Å². The molecule has 0 unspecified atom stereocenters. The molecule has 22 heavy (non-hydrogen) atoms. The van der Waals surface area contributed by atoms with Crippen molar-refractivity contribution in [2.45, 2.75) is 0 Å². The Bertz CT molecular complexity index is 854.